The Morgan fingerprint density at radius 3 is 1.76 bits per heavy atom. The van der Waals surface area contributed by atoms with Gasteiger partial charge in [-0.3, -0.25) is 4.79 Å². The number of ether oxygens (including phenoxy) is 1. The van der Waals surface area contributed by atoms with E-state index in [4.69, 9.17) is 9.84 Å². The summed E-state index contributed by atoms with van der Waals surface area (Å²) in [6.45, 7) is 2.52. The fourth-order valence-corrected chi connectivity index (χ4v) is 4.97. The van der Waals surface area contributed by atoms with Crippen molar-refractivity contribution in [1.29, 1.82) is 0 Å². The Labute approximate surface area is 249 Å². The zero-order chi connectivity index (χ0) is 29.8. The number of amides is 1. The van der Waals surface area contributed by atoms with Crippen LogP contribution in [0.25, 0.3) is 22.5 Å². The second kappa shape index (κ2) is 19.4. The smallest absolute Gasteiger partial charge is 0.326 e. The molecule has 0 spiro atoms. The Kier molecular flexibility index (Phi) is 15.1. The maximum absolute atomic E-state index is 11.8. The van der Waals surface area contributed by atoms with Crippen LogP contribution >= 0.6 is 0 Å². The molecule has 1 heterocycles. The number of hydrogen-bond acceptors (Lipinski definition) is 6. The molecular weight excluding hydrogens is 530 g/mol. The van der Waals surface area contributed by atoms with Crippen molar-refractivity contribution < 1.29 is 19.4 Å². The first-order valence-corrected chi connectivity index (χ1v) is 15.7. The van der Waals surface area contributed by atoms with E-state index in [1.807, 2.05) is 24.3 Å². The summed E-state index contributed by atoms with van der Waals surface area (Å²) in [6, 6.07) is 15.6. The van der Waals surface area contributed by atoms with E-state index in [0.717, 1.165) is 54.7 Å². The predicted octanol–water partition coefficient (Wildman–Crippen LogP) is 7.35. The highest BCUT2D eigenvalue weighted by atomic mass is 16.5. The lowest BCUT2D eigenvalue weighted by Crippen LogP contribution is -2.40. The van der Waals surface area contributed by atoms with E-state index in [1.54, 1.807) is 6.92 Å². The summed E-state index contributed by atoms with van der Waals surface area (Å²) in [5, 5.41) is 25.5. The maximum atomic E-state index is 11.8. The number of nitrogens with zero attached hydrogens (tertiary/aromatic N) is 3. The SMILES string of the molecule is CCC(NC(=O)CCCCCCCCCCCCCCCOc1ccc(-c2ccc(-c3nnn[nH]3)cc2)cc1)C(=O)O. The number of rotatable bonds is 22. The average molecular weight is 578 g/mol. The second-order valence-electron chi connectivity index (χ2n) is 10.9. The number of aromatic amines is 1. The van der Waals surface area contributed by atoms with Crippen LogP contribution in [0.4, 0.5) is 0 Å². The first-order chi connectivity index (χ1) is 20.6. The Morgan fingerprint density at radius 1 is 0.762 bits per heavy atom. The molecule has 3 aromatic rings. The van der Waals surface area contributed by atoms with Gasteiger partial charge in [-0.25, -0.2) is 9.89 Å². The summed E-state index contributed by atoms with van der Waals surface area (Å²) >= 11 is 0. The van der Waals surface area contributed by atoms with Gasteiger partial charge in [-0.1, -0.05) is 114 Å². The molecule has 228 valence electrons. The van der Waals surface area contributed by atoms with Crippen LogP contribution < -0.4 is 10.1 Å². The van der Waals surface area contributed by atoms with E-state index in [-0.39, 0.29) is 5.91 Å². The van der Waals surface area contributed by atoms with Crippen LogP contribution in [0.3, 0.4) is 0 Å². The van der Waals surface area contributed by atoms with Crippen molar-refractivity contribution in [3.63, 3.8) is 0 Å². The zero-order valence-corrected chi connectivity index (χ0v) is 25.0. The van der Waals surface area contributed by atoms with E-state index >= 15 is 0 Å². The molecule has 2 aromatic carbocycles. The second-order valence-corrected chi connectivity index (χ2v) is 10.9. The lowest BCUT2D eigenvalue weighted by Gasteiger charge is -2.11. The number of hydrogen-bond donors (Lipinski definition) is 3. The average Bonchev–Trinajstić information content (AvgIpc) is 3.55. The highest BCUT2D eigenvalue weighted by molar-refractivity contribution is 5.83. The fraction of sp³-hybridized carbons (Fsp3) is 0.545. The third kappa shape index (κ3) is 12.4. The minimum atomic E-state index is -0.961. The lowest BCUT2D eigenvalue weighted by atomic mass is 10.0. The summed E-state index contributed by atoms with van der Waals surface area (Å²) in [4.78, 5) is 22.8. The van der Waals surface area contributed by atoms with Crippen LogP contribution in [0.15, 0.2) is 48.5 Å². The molecule has 0 radical (unpaired) electrons. The molecule has 0 saturated heterocycles. The van der Waals surface area contributed by atoms with Crippen LogP contribution in [0, 0.1) is 0 Å². The van der Waals surface area contributed by atoms with E-state index in [1.165, 1.54) is 57.8 Å². The van der Waals surface area contributed by atoms with Crippen molar-refractivity contribution in [3.05, 3.63) is 48.5 Å². The quantitative estimate of drug-likeness (QED) is 0.106. The fourth-order valence-electron chi connectivity index (χ4n) is 4.97. The van der Waals surface area contributed by atoms with Crippen molar-refractivity contribution in [2.45, 2.75) is 109 Å². The van der Waals surface area contributed by atoms with Gasteiger partial charge in [0.05, 0.1) is 6.61 Å². The molecule has 0 aliphatic carbocycles. The first kappa shape index (κ1) is 32.8. The molecule has 9 nitrogen and oxygen atoms in total. The number of carboxylic acids is 1. The van der Waals surface area contributed by atoms with Crippen molar-refractivity contribution in [3.8, 4) is 28.3 Å². The lowest BCUT2D eigenvalue weighted by molar-refractivity contribution is -0.141. The third-order valence-corrected chi connectivity index (χ3v) is 7.55. The zero-order valence-electron chi connectivity index (χ0n) is 25.0. The summed E-state index contributed by atoms with van der Waals surface area (Å²) in [7, 11) is 0. The van der Waals surface area contributed by atoms with Gasteiger partial charge in [0.15, 0.2) is 5.82 Å². The van der Waals surface area contributed by atoms with Gasteiger partial charge in [-0.05, 0) is 52.9 Å². The molecule has 9 heteroatoms. The van der Waals surface area contributed by atoms with Crippen LogP contribution in [0.2, 0.25) is 0 Å². The summed E-state index contributed by atoms with van der Waals surface area (Å²) < 4.78 is 5.94. The first-order valence-electron chi connectivity index (χ1n) is 15.7. The van der Waals surface area contributed by atoms with Gasteiger partial charge >= 0.3 is 5.97 Å². The number of unbranched alkanes of at least 4 members (excludes halogenated alkanes) is 12. The number of benzene rings is 2. The third-order valence-electron chi connectivity index (χ3n) is 7.55. The number of carboxylic acid groups (broad SMARTS) is 1. The topological polar surface area (TPSA) is 130 Å². The Hall–Kier alpha value is -3.75. The number of H-pyrrole nitrogens is 1. The number of nitrogens with one attached hydrogen (secondary N) is 2. The highest BCUT2D eigenvalue weighted by Crippen LogP contribution is 2.25. The summed E-state index contributed by atoms with van der Waals surface area (Å²) in [5.74, 6) is 0.463. The molecular formula is C33H47N5O4. The number of tetrazole rings is 1. The van der Waals surface area contributed by atoms with Gasteiger partial charge < -0.3 is 15.2 Å². The molecule has 1 aromatic heterocycles. The number of aromatic nitrogens is 4. The van der Waals surface area contributed by atoms with Crippen LogP contribution in [0.5, 0.6) is 5.75 Å². The largest absolute Gasteiger partial charge is 0.494 e. The number of carbonyl (C=O) groups is 2. The van der Waals surface area contributed by atoms with Crippen molar-refractivity contribution in [2.24, 2.45) is 0 Å². The van der Waals surface area contributed by atoms with Gasteiger partial charge in [0.25, 0.3) is 0 Å². The van der Waals surface area contributed by atoms with Crippen LogP contribution in [-0.2, 0) is 9.59 Å². The standard InChI is InChI=1S/C33H47N5O4/c1-2-30(33(40)41)34-31(39)16-14-12-10-8-6-4-3-5-7-9-11-13-15-25-42-29-23-21-27(22-24-29)26-17-19-28(20-18-26)32-35-37-38-36-32/h17-24,30H,2-16,25H2,1H3,(H,34,39)(H,40,41)(H,35,36,37,38). The van der Waals surface area contributed by atoms with Gasteiger partial charge in [0.2, 0.25) is 5.91 Å². The van der Waals surface area contributed by atoms with E-state index in [9.17, 15) is 9.59 Å². The molecule has 0 fully saturated rings. The molecule has 0 bridgehead atoms. The van der Waals surface area contributed by atoms with Crippen LogP contribution in [-0.4, -0.2) is 50.3 Å². The maximum Gasteiger partial charge on any atom is 0.326 e. The molecule has 0 aliphatic heterocycles. The molecule has 0 aliphatic rings. The molecule has 42 heavy (non-hydrogen) atoms. The minimum Gasteiger partial charge on any atom is -0.494 e. The normalized spacial score (nSPS) is 11.7. The van der Waals surface area contributed by atoms with Gasteiger partial charge in [-0.15, -0.1) is 5.10 Å². The molecule has 1 unspecified atom stereocenters. The van der Waals surface area contributed by atoms with E-state index in [0.29, 0.717) is 18.7 Å². The Bertz CT molecular complexity index is 1150. The monoisotopic (exact) mass is 577 g/mol. The highest BCUT2D eigenvalue weighted by Gasteiger charge is 2.16. The molecule has 1 amide bonds. The van der Waals surface area contributed by atoms with Crippen molar-refractivity contribution in [2.75, 3.05) is 6.61 Å². The molecule has 3 N–H and O–H groups in total. The van der Waals surface area contributed by atoms with Crippen molar-refractivity contribution in [1.82, 2.24) is 25.9 Å². The molecule has 0 saturated carbocycles. The van der Waals surface area contributed by atoms with E-state index < -0.39 is 12.0 Å². The molecule has 1 atom stereocenters. The molecule has 3 rings (SSSR count). The van der Waals surface area contributed by atoms with Gasteiger partial charge in [-0.2, -0.15) is 0 Å². The number of aliphatic carboxylic acids is 1. The Balaban J connectivity index is 1.10. The Morgan fingerprint density at radius 2 is 1.26 bits per heavy atom. The number of carbonyl (C=O) groups excluding carboxylic acids is 1. The van der Waals surface area contributed by atoms with Gasteiger partial charge in [0.1, 0.15) is 11.8 Å². The van der Waals surface area contributed by atoms with Crippen molar-refractivity contribution >= 4 is 11.9 Å². The van der Waals surface area contributed by atoms with Gasteiger partial charge in [0, 0.05) is 12.0 Å². The summed E-state index contributed by atoms with van der Waals surface area (Å²) in [5.41, 5.74) is 3.24. The van der Waals surface area contributed by atoms with Crippen LogP contribution in [0.1, 0.15) is 103 Å². The summed E-state index contributed by atoms with van der Waals surface area (Å²) in [6.07, 6.45) is 16.4. The minimum absolute atomic E-state index is 0.149. The van der Waals surface area contributed by atoms with E-state index in [2.05, 4.69) is 50.2 Å². The predicted molar refractivity (Wildman–Crippen MR) is 165 cm³/mol.